The number of nitrogens with one attached hydrogen (secondary N) is 1. The van der Waals surface area contributed by atoms with Gasteiger partial charge in [-0.3, -0.25) is 9.69 Å². The second kappa shape index (κ2) is 5.77. The van der Waals surface area contributed by atoms with Gasteiger partial charge in [-0.15, -0.1) is 0 Å². The Labute approximate surface area is 159 Å². The fourth-order valence-corrected chi connectivity index (χ4v) is 6.01. The smallest absolute Gasteiger partial charge is 0.183 e. The minimum absolute atomic E-state index is 0.0560. The molecule has 5 heteroatoms. The summed E-state index contributed by atoms with van der Waals surface area (Å²) < 4.78 is 1.12. The predicted octanol–water partition coefficient (Wildman–Crippen LogP) is 4.30. The van der Waals surface area contributed by atoms with Gasteiger partial charge in [0.2, 0.25) is 0 Å². The number of likely N-dealkylation sites (tertiary alicyclic amines) is 1. The van der Waals surface area contributed by atoms with Gasteiger partial charge in [0.15, 0.2) is 10.9 Å². The lowest BCUT2D eigenvalue weighted by atomic mass is 9.58. The molecule has 2 aromatic rings. The number of piperidine rings is 1. The first-order valence-corrected chi connectivity index (χ1v) is 10.8. The monoisotopic (exact) mass is 369 g/mol. The van der Waals surface area contributed by atoms with Crippen molar-refractivity contribution in [2.24, 2.45) is 11.8 Å². The number of benzene rings is 1. The number of Topliss-reactive ketones (excluding diaryl/α,β-unsaturated/α-hetero) is 1. The Morgan fingerprint density at radius 1 is 1.38 bits per heavy atom. The van der Waals surface area contributed by atoms with Gasteiger partial charge < -0.3 is 5.32 Å². The molecule has 26 heavy (non-hydrogen) atoms. The summed E-state index contributed by atoms with van der Waals surface area (Å²) in [7, 11) is 0. The molecule has 2 aliphatic carbocycles. The van der Waals surface area contributed by atoms with Crippen LogP contribution in [0.2, 0.25) is 0 Å². The Morgan fingerprint density at radius 2 is 2.19 bits per heavy atom. The van der Waals surface area contributed by atoms with Gasteiger partial charge in [-0.2, -0.15) is 0 Å². The third kappa shape index (κ3) is 2.36. The van der Waals surface area contributed by atoms with Crippen LogP contribution >= 0.6 is 11.3 Å². The first-order valence-electron chi connectivity index (χ1n) is 9.98. The molecule has 3 aliphatic rings. The van der Waals surface area contributed by atoms with Crippen LogP contribution in [-0.4, -0.2) is 41.3 Å². The standard InChI is InChI=1S/C21H27N3OS/c1-4-22-20-23-16-10-15-14(9-17(16)26-20)19(25)18-12(2)21(15,3)7-8-24(18)11-13-5-6-13/h9-10,12-13,18H,4-8,11H2,1-3H3,(H,22,23)/t12-,18-,21-/m0/s1. The molecule has 0 amide bonds. The number of carbonyl (C=O) groups is 1. The van der Waals surface area contributed by atoms with E-state index in [-0.39, 0.29) is 11.5 Å². The SMILES string of the molecule is CCNc1nc2cc3c(cc2s1)C(=O)[C@@H]1[C@H](C)[C@]3(C)CCN1CC1CC1. The van der Waals surface area contributed by atoms with Crippen LogP contribution in [0.5, 0.6) is 0 Å². The molecule has 5 rings (SSSR count). The Morgan fingerprint density at radius 3 is 2.92 bits per heavy atom. The van der Waals surface area contributed by atoms with Crippen LogP contribution in [0.25, 0.3) is 10.2 Å². The van der Waals surface area contributed by atoms with Gasteiger partial charge in [-0.05, 0) is 67.7 Å². The zero-order valence-electron chi connectivity index (χ0n) is 15.8. The first kappa shape index (κ1) is 16.7. The minimum Gasteiger partial charge on any atom is -0.362 e. The van der Waals surface area contributed by atoms with Crippen LogP contribution in [0.1, 0.15) is 56.0 Å². The molecule has 0 spiro atoms. The number of anilines is 1. The molecule has 1 aromatic carbocycles. The Kier molecular flexibility index (Phi) is 3.70. The molecule has 2 bridgehead atoms. The van der Waals surface area contributed by atoms with Crippen LogP contribution in [0.4, 0.5) is 5.13 Å². The average molecular weight is 370 g/mol. The molecule has 0 unspecified atom stereocenters. The Bertz CT molecular complexity index is 887. The topological polar surface area (TPSA) is 45.2 Å². The van der Waals surface area contributed by atoms with Gasteiger partial charge in [0.05, 0.1) is 16.3 Å². The van der Waals surface area contributed by atoms with E-state index in [1.807, 2.05) is 0 Å². The van der Waals surface area contributed by atoms with Crippen molar-refractivity contribution in [1.29, 1.82) is 0 Å². The van der Waals surface area contributed by atoms with Gasteiger partial charge in [-0.1, -0.05) is 25.2 Å². The molecule has 1 aliphatic heterocycles. The highest BCUT2D eigenvalue weighted by atomic mass is 32.1. The molecule has 0 radical (unpaired) electrons. The summed E-state index contributed by atoms with van der Waals surface area (Å²) in [6.07, 6.45) is 3.82. The summed E-state index contributed by atoms with van der Waals surface area (Å²) in [6, 6.07) is 4.40. The maximum atomic E-state index is 13.5. The highest BCUT2D eigenvalue weighted by Crippen LogP contribution is 2.50. The number of ketones is 1. The molecule has 2 heterocycles. The molecule has 2 fully saturated rings. The maximum Gasteiger partial charge on any atom is 0.183 e. The molecule has 1 saturated carbocycles. The summed E-state index contributed by atoms with van der Waals surface area (Å²) in [5, 5.41) is 4.27. The van der Waals surface area contributed by atoms with Gasteiger partial charge in [0, 0.05) is 18.7 Å². The largest absolute Gasteiger partial charge is 0.362 e. The van der Waals surface area contributed by atoms with E-state index in [9.17, 15) is 4.79 Å². The van der Waals surface area contributed by atoms with E-state index in [1.165, 1.54) is 18.4 Å². The summed E-state index contributed by atoms with van der Waals surface area (Å²) >= 11 is 1.66. The summed E-state index contributed by atoms with van der Waals surface area (Å²) in [5.74, 6) is 1.53. The van der Waals surface area contributed by atoms with E-state index in [2.05, 4.69) is 43.1 Å². The Hall–Kier alpha value is -1.46. The molecule has 3 atom stereocenters. The second-order valence-corrected chi connectivity index (χ2v) is 9.65. The number of hydrogen-bond acceptors (Lipinski definition) is 5. The lowest BCUT2D eigenvalue weighted by Gasteiger charge is -2.53. The van der Waals surface area contributed by atoms with Crippen LogP contribution in [0.15, 0.2) is 12.1 Å². The van der Waals surface area contributed by atoms with Crippen LogP contribution in [-0.2, 0) is 5.41 Å². The van der Waals surface area contributed by atoms with Gasteiger partial charge >= 0.3 is 0 Å². The second-order valence-electron chi connectivity index (χ2n) is 8.62. The number of thiazole rings is 1. The highest BCUT2D eigenvalue weighted by Gasteiger charge is 2.53. The average Bonchev–Trinajstić information content (AvgIpc) is 3.34. The van der Waals surface area contributed by atoms with Crippen molar-refractivity contribution in [1.82, 2.24) is 9.88 Å². The van der Waals surface area contributed by atoms with E-state index < -0.39 is 0 Å². The van der Waals surface area contributed by atoms with E-state index >= 15 is 0 Å². The zero-order valence-corrected chi connectivity index (χ0v) is 16.7. The summed E-state index contributed by atoms with van der Waals surface area (Å²) in [4.78, 5) is 20.7. The summed E-state index contributed by atoms with van der Waals surface area (Å²) in [5.41, 5.74) is 3.29. The highest BCUT2D eigenvalue weighted by molar-refractivity contribution is 7.22. The van der Waals surface area contributed by atoms with Crippen molar-refractivity contribution in [2.75, 3.05) is 25.0 Å². The minimum atomic E-state index is 0.0560. The molecule has 1 saturated heterocycles. The van der Waals surface area contributed by atoms with Gasteiger partial charge in [0.1, 0.15) is 0 Å². The molecule has 1 N–H and O–H groups in total. The first-order chi connectivity index (χ1) is 12.5. The van der Waals surface area contributed by atoms with Crippen LogP contribution in [0.3, 0.4) is 0 Å². The fourth-order valence-electron chi connectivity index (χ4n) is 5.05. The molecule has 138 valence electrons. The molecule has 4 nitrogen and oxygen atoms in total. The normalized spacial score (nSPS) is 31.3. The Balaban J connectivity index is 1.62. The van der Waals surface area contributed by atoms with E-state index in [0.717, 1.165) is 52.9 Å². The molecular weight excluding hydrogens is 342 g/mol. The quantitative estimate of drug-likeness (QED) is 0.873. The number of carbonyl (C=O) groups excluding carboxylic acids is 1. The van der Waals surface area contributed by atoms with Crippen LogP contribution in [0, 0.1) is 11.8 Å². The number of hydrogen-bond donors (Lipinski definition) is 1. The van der Waals surface area contributed by atoms with Gasteiger partial charge in [-0.25, -0.2) is 4.98 Å². The lowest BCUT2D eigenvalue weighted by molar-refractivity contribution is 0.0267. The van der Waals surface area contributed by atoms with E-state index in [4.69, 9.17) is 4.98 Å². The third-order valence-electron chi connectivity index (χ3n) is 6.99. The van der Waals surface area contributed by atoms with E-state index in [1.54, 1.807) is 11.3 Å². The zero-order chi connectivity index (χ0) is 18.1. The predicted molar refractivity (Wildman–Crippen MR) is 107 cm³/mol. The van der Waals surface area contributed by atoms with E-state index in [0.29, 0.717) is 11.7 Å². The number of fused-ring (bicyclic) bond motifs is 5. The number of nitrogens with zero attached hydrogens (tertiary/aromatic N) is 2. The third-order valence-corrected chi connectivity index (χ3v) is 7.96. The van der Waals surface area contributed by atoms with Crippen molar-refractivity contribution in [3.8, 4) is 0 Å². The fraction of sp³-hybridized carbons (Fsp3) is 0.619. The van der Waals surface area contributed by atoms with Gasteiger partial charge in [0.25, 0.3) is 0 Å². The maximum absolute atomic E-state index is 13.5. The van der Waals surface area contributed by atoms with Crippen molar-refractivity contribution < 1.29 is 4.79 Å². The molecule has 1 aromatic heterocycles. The number of aromatic nitrogens is 1. The lowest BCUT2D eigenvalue weighted by Crippen LogP contribution is -2.61. The number of rotatable bonds is 4. The van der Waals surface area contributed by atoms with Crippen molar-refractivity contribution in [3.63, 3.8) is 0 Å². The van der Waals surface area contributed by atoms with Crippen molar-refractivity contribution in [3.05, 3.63) is 23.3 Å². The summed E-state index contributed by atoms with van der Waals surface area (Å²) in [6.45, 7) is 9.77. The molecular formula is C21H27N3OS. The van der Waals surface area contributed by atoms with Crippen LogP contribution < -0.4 is 5.32 Å². The van der Waals surface area contributed by atoms with Crippen molar-refractivity contribution in [2.45, 2.75) is 51.5 Å². The van der Waals surface area contributed by atoms with Crippen molar-refractivity contribution >= 4 is 32.5 Å².